The molecule has 15 heavy (non-hydrogen) atoms. The van der Waals surface area contributed by atoms with Gasteiger partial charge in [-0.3, -0.25) is 0 Å². The minimum absolute atomic E-state index is 0.241. The first-order chi connectivity index (χ1) is 7.28. The Labute approximate surface area is 95.9 Å². The van der Waals surface area contributed by atoms with Crippen molar-refractivity contribution < 1.29 is 5.11 Å². The van der Waals surface area contributed by atoms with E-state index < -0.39 is 0 Å². The minimum Gasteiger partial charge on any atom is -0.508 e. The summed E-state index contributed by atoms with van der Waals surface area (Å²) in [5.74, 6) is 1.61. The van der Waals surface area contributed by atoms with E-state index in [1.54, 1.807) is 0 Å². The molecule has 1 aliphatic rings. The summed E-state index contributed by atoms with van der Waals surface area (Å²) in [6.45, 7) is 0. The monoisotopic (exact) mass is 222 g/mol. The summed E-state index contributed by atoms with van der Waals surface area (Å²) in [6.07, 6.45) is 7.21. The molecule has 1 aromatic rings. The summed E-state index contributed by atoms with van der Waals surface area (Å²) in [6, 6.07) is 7.85. The van der Waals surface area contributed by atoms with Crippen molar-refractivity contribution in [3.63, 3.8) is 0 Å². The number of thioether (sulfide) groups is 1. The van der Waals surface area contributed by atoms with E-state index in [1.165, 1.54) is 25.7 Å². The highest BCUT2D eigenvalue weighted by Crippen LogP contribution is 2.45. The van der Waals surface area contributed by atoms with Gasteiger partial charge in [-0.1, -0.05) is 31.0 Å². The zero-order chi connectivity index (χ0) is 10.7. The predicted octanol–water partition coefficient (Wildman–Crippen LogP) is 3.57. The maximum atomic E-state index is 9.95. The van der Waals surface area contributed by atoms with Crippen LogP contribution < -0.4 is 0 Å². The summed E-state index contributed by atoms with van der Waals surface area (Å²) >= 11 is 1.89. The van der Waals surface area contributed by atoms with Crippen LogP contribution in [0.1, 0.15) is 31.2 Å². The van der Waals surface area contributed by atoms with Crippen molar-refractivity contribution >= 4 is 11.8 Å². The number of aromatic hydroxyl groups is 1. The van der Waals surface area contributed by atoms with E-state index in [9.17, 15) is 5.11 Å². The van der Waals surface area contributed by atoms with Gasteiger partial charge in [-0.05, 0) is 25.2 Å². The molecule has 0 saturated heterocycles. The third kappa shape index (κ3) is 2.00. The lowest BCUT2D eigenvalue weighted by atomic mass is 9.80. The lowest BCUT2D eigenvalue weighted by molar-refractivity contribution is 0.427. The molecule has 0 atom stereocenters. The van der Waals surface area contributed by atoms with Crippen molar-refractivity contribution in [3.05, 3.63) is 29.8 Å². The summed E-state index contributed by atoms with van der Waals surface area (Å²) in [5.41, 5.74) is 1.40. The fraction of sp³-hybridized carbons (Fsp3) is 0.538. The van der Waals surface area contributed by atoms with Crippen LogP contribution in [0.5, 0.6) is 5.75 Å². The largest absolute Gasteiger partial charge is 0.508 e. The van der Waals surface area contributed by atoms with Crippen LogP contribution in [-0.2, 0) is 5.41 Å². The number of rotatable bonds is 3. The number of phenolic OH excluding ortho intramolecular Hbond substituents is 1. The highest BCUT2D eigenvalue weighted by Gasteiger charge is 2.36. The predicted molar refractivity (Wildman–Crippen MR) is 66.6 cm³/mol. The topological polar surface area (TPSA) is 20.2 Å². The molecule has 2 rings (SSSR count). The Morgan fingerprint density at radius 1 is 1.27 bits per heavy atom. The summed E-state index contributed by atoms with van der Waals surface area (Å²) in [7, 11) is 0. The Kier molecular flexibility index (Phi) is 3.25. The molecular formula is C13H18OS. The Morgan fingerprint density at radius 2 is 1.93 bits per heavy atom. The van der Waals surface area contributed by atoms with Crippen LogP contribution in [0, 0.1) is 0 Å². The van der Waals surface area contributed by atoms with Crippen LogP contribution >= 0.6 is 11.8 Å². The summed E-state index contributed by atoms with van der Waals surface area (Å²) in [4.78, 5) is 0. The molecule has 0 heterocycles. The van der Waals surface area contributed by atoms with Gasteiger partial charge in [0.15, 0.2) is 0 Å². The average Bonchev–Trinajstić information content (AvgIpc) is 2.69. The molecule has 2 heteroatoms. The van der Waals surface area contributed by atoms with Gasteiger partial charge >= 0.3 is 0 Å². The average molecular weight is 222 g/mol. The molecule has 1 aromatic carbocycles. The van der Waals surface area contributed by atoms with Crippen LogP contribution in [-0.4, -0.2) is 17.1 Å². The van der Waals surface area contributed by atoms with E-state index in [1.807, 2.05) is 30.0 Å². The van der Waals surface area contributed by atoms with Crippen molar-refractivity contribution in [2.45, 2.75) is 31.1 Å². The van der Waals surface area contributed by atoms with Gasteiger partial charge in [0.25, 0.3) is 0 Å². The van der Waals surface area contributed by atoms with Crippen molar-refractivity contribution in [2.24, 2.45) is 0 Å². The van der Waals surface area contributed by atoms with Gasteiger partial charge in [-0.2, -0.15) is 11.8 Å². The first-order valence-electron chi connectivity index (χ1n) is 5.56. The second kappa shape index (κ2) is 4.48. The van der Waals surface area contributed by atoms with E-state index in [0.29, 0.717) is 5.75 Å². The second-order valence-electron chi connectivity index (χ2n) is 4.44. The van der Waals surface area contributed by atoms with Gasteiger partial charge < -0.3 is 5.11 Å². The van der Waals surface area contributed by atoms with Crippen LogP contribution in [0.15, 0.2) is 24.3 Å². The third-order valence-corrected chi connectivity index (χ3v) is 4.30. The lowest BCUT2D eigenvalue weighted by Crippen LogP contribution is -2.25. The Hall–Kier alpha value is -0.630. The Morgan fingerprint density at radius 3 is 2.53 bits per heavy atom. The maximum absolute atomic E-state index is 9.95. The van der Waals surface area contributed by atoms with E-state index in [2.05, 4.69) is 12.3 Å². The first kappa shape index (κ1) is 10.9. The highest BCUT2D eigenvalue weighted by atomic mass is 32.2. The van der Waals surface area contributed by atoms with E-state index in [-0.39, 0.29) is 5.41 Å². The first-order valence-corrected chi connectivity index (χ1v) is 6.95. The molecule has 1 N–H and O–H groups in total. The molecule has 82 valence electrons. The molecule has 0 spiro atoms. The van der Waals surface area contributed by atoms with Crippen LogP contribution in [0.2, 0.25) is 0 Å². The van der Waals surface area contributed by atoms with Crippen molar-refractivity contribution in [2.75, 3.05) is 12.0 Å². The standard InChI is InChI=1S/C13H18OS/c1-15-10-13(8-4-5-9-13)11-6-2-3-7-12(11)14/h2-3,6-7,14H,4-5,8-10H2,1H3. The third-order valence-electron chi connectivity index (χ3n) is 3.46. The molecule has 1 nitrogen and oxygen atoms in total. The van der Waals surface area contributed by atoms with Crippen molar-refractivity contribution in [3.8, 4) is 5.75 Å². The van der Waals surface area contributed by atoms with E-state index in [4.69, 9.17) is 0 Å². The number of para-hydroxylation sites is 1. The molecule has 1 fully saturated rings. The zero-order valence-corrected chi connectivity index (χ0v) is 10.0. The van der Waals surface area contributed by atoms with E-state index in [0.717, 1.165) is 11.3 Å². The zero-order valence-electron chi connectivity index (χ0n) is 9.20. The van der Waals surface area contributed by atoms with Crippen LogP contribution in [0.25, 0.3) is 0 Å². The highest BCUT2D eigenvalue weighted by molar-refractivity contribution is 7.98. The van der Waals surface area contributed by atoms with Gasteiger partial charge in [0.1, 0.15) is 5.75 Å². The molecule has 1 aliphatic carbocycles. The molecule has 0 bridgehead atoms. The van der Waals surface area contributed by atoms with Crippen LogP contribution in [0.3, 0.4) is 0 Å². The fourth-order valence-electron chi connectivity index (χ4n) is 2.74. The van der Waals surface area contributed by atoms with Gasteiger partial charge in [0.2, 0.25) is 0 Å². The van der Waals surface area contributed by atoms with Gasteiger partial charge in [-0.25, -0.2) is 0 Å². The van der Waals surface area contributed by atoms with Gasteiger partial charge in [0, 0.05) is 16.7 Å². The summed E-state index contributed by atoms with van der Waals surface area (Å²) < 4.78 is 0. The Bertz CT molecular complexity index is 329. The molecule has 0 aromatic heterocycles. The van der Waals surface area contributed by atoms with Crippen molar-refractivity contribution in [1.29, 1.82) is 0 Å². The molecular weight excluding hydrogens is 204 g/mol. The number of hydrogen-bond donors (Lipinski definition) is 1. The fourth-order valence-corrected chi connectivity index (χ4v) is 3.74. The quantitative estimate of drug-likeness (QED) is 0.843. The minimum atomic E-state index is 0.241. The SMILES string of the molecule is CSCC1(c2ccccc2O)CCCC1. The normalized spacial score (nSPS) is 19.3. The number of phenols is 1. The van der Waals surface area contributed by atoms with E-state index >= 15 is 0 Å². The second-order valence-corrected chi connectivity index (χ2v) is 5.30. The number of benzene rings is 1. The molecule has 1 saturated carbocycles. The van der Waals surface area contributed by atoms with Gasteiger partial charge in [0.05, 0.1) is 0 Å². The molecule has 0 unspecified atom stereocenters. The lowest BCUT2D eigenvalue weighted by Gasteiger charge is -2.29. The number of hydrogen-bond acceptors (Lipinski definition) is 2. The maximum Gasteiger partial charge on any atom is 0.119 e. The molecule has 0 radical (unpaired) electrons. The molecule has 0 aliphatic heterocycles. The van der Waals surface area contributed by atoms with Gasteiger partial charge in [-0.15, -0.1) is 0 Å². The smallest absolute Gasteiger partial charge is 0.119 e. The summed E-state index contributed by atoms with van der Waals surface area (Å²) in [5, 5.41) is 9.95. The molecule has 0 amide bonds. The Balaban J connectivity index is 2.36. The van der Waals surface area contributed by atoms with Crippen LogP contribution in [0.4, 0.5) is 0 Å². The van der Waals surface area contributed by atoms with Crippen molar-refractivity contribution in [1.82, 2.24) is 0 Å².